The number of pyridine rings is 1. The van der Waals surface area contributed by atoms with Crippen molar-refractivity contribution in [1.82, 2.24) is 20.1 Å². The molecule has 1 aromatic heterocycles. The first kappa shape index (κ1) is 21.4. The Hall–Kier alpha value is -2.80. The third-order valence-corrected chi connectivity index (χ3v) is 6.56. The SMILES string of the molecule is Cc1cccc(N2CCN(C(=O)NCc3ccnc(N4CCN(C)CC4)c3)CC2)c1C. The molecule has 31 heavy (non-hydrogen) atoms. The first-order valence-corrected chi connectivity index (χ1v) is 11.2. The van der Waals surface area contributed by atoms with Crippen molar-refractivity contribution in [2.24, 2.45) is 0 Å². The maximum atomic E-state index is 12.7. The van der Waals surface area contributed by atoms with E-state index < -0.39 is 0 Å². The minimum atomic E-state index is 0.0126. The minimum Gasteiger partial charge on any atom is -0.368 e. The smallest absolute Gasteiger partial charge is 0.317 e. The molecule has 0 unspecified atom stereocenters. The molecule has 2 fully saturated rings. The molecule has 2 aliphatic heterocycles. The highest BCUT2D eigenvalue weighted by molar-refractivity contribution is 5.74. The topological polar surface area (TPSA) is 55.0 Å². The number of benzene rings is 1. The number of aromatic nitrogens is 1. The summed E-state index contributed by atoms with van der Waals surface area (Å²) in [5, 5.41) is 3.09. The summed E-state index contributed by atoms with van der Waals surface area (Å²) in [5.41, 5.74) is 5.01. The summed E-state index contributed by atoms with van der Waals surface area (Å²) in [6.07, 6.45) is 1.85. The summed E-state index contributed by atoms with van der Waals surface area (Å²) >= 11 is 0. The van der Waals surface area contributed by atoms with Crippen LogP contribution in [0.5, 0.6) is 0 Å². The van der Waals surface area contributed by atoms with Crippen LogP contribution in [0.2, 0.25) is 0 Å². The van der Waals surface area contributed by atoms with E-state index in [-0.39, 0.29) is 6.03 Å². The molecule has 4 rings (SSSR count). The second-order valence-corrected chi connectivity index (χ2v) is 8.66. The van der Waals surface area contributed by atoms with Gasteiger partial charge >= 0.3 is 6.03 Å². The van der Waals surface area contributed by atoms with Gasteiger partial charge in [0, 0.05) is 70.8 Å². The van der Waals surface area contributed by atoms with Crippen molar-refractivity contribution < 1.29 is 4.79 Å². The molecule has 7 heteroatoms. The Morgan fingerprint density at radius 3 is 2.42 bits per heavy atom. The summed E-state index contributed by atoms with van der Waals surface area (Å²) in [6.45, 7) is 12.1. The highest BCUT2D eigenvalue weighted by Gasteiger charge is 2.22. The van der Waals surface area contributed by atoms with Gasteiger partial charge in [-0.05, 0) is 55.8 Å². The maximum absolute atomic E-state index is 12.7. The number of urea groups is 1. The van der Waals surface area contributed by atoms with E-state index in [2.05, 4.69) is 70.2 Å². The third-order valence-electron chi connectivity index (χ3n) is 6.56. The zero-order valence-corrected chi connectivity index (χ0v) is 19.0. The van der Waals surface area contributed by atoms with Crippen LogP contribution in [0.15, 0.2) is 36.5 Å². The van der Waals surface area contributed by atoms with E-state index in [4.69, 9.17) is 0 Å². The lowest BCUT2D eigenvalue weighted by Gasteiger charge is -2.37. The number of carbonyl (C=O) groups excluding carboxylic acids is 1. The van der Waals surface area contributed by atoms with Gasteiger partial charge in [0.2, 0.25) is 0 Å². The highest BCUT2D eigenvalue weighted by Crippen LogP contribution is 2.24. The second kappa shape index (κ2) is 9.56. The van der Waals surface area contributed by atoms with Crippen molar-refractivity contribution in [1.29, 1.82) is 0 Å². The number of likely N-dealkylation sites (N-methyl/N-ethyl adjacent to an activating group) is 1. The number of rotatable bonds is 4. The van der Waals surface area contributed by atoms with Gasteiger partial charge in [0.1, 0.15) is 5.82 Å². The van der Waals surface area contributed by atoms with Gasteiger partial charge in [0.05, 0.1) is 0 Å². The normalized spacial score (nSPS) is 17.7. The molecule has 0 aliphatic carbocycles. The number of amides is 2. The average Bonchev–Trinajstić information content (AvgIpc) is 2.80. The Bertz CT molecular complexity index is 901. The third kappa shape index (κ3) is 5.10. The van der Waals surface area contributed by atoms with Crippen molar-refractivity contribution in [2.75, 3.05) is 69.2 Å². The summed E-state index contributed by atoms with van der Waals surface area (Å²) in [6, 6.07) is 10.5. The van der Waals surface area contributed by atoms with E-state index in [9.17, 15) is 4.79 Å². The van der Waals surface area contributed by atoms with E-state index in [0.717, 1.165) is 63.7 Å². The number of hydrogen-bond donors (Lipinski definition) is 1. The summed E-state index contributed by atoms with van der Waals surface area (Å²) in [7, 11) is 2.15. The van der Waals surface area contributed by atoms with Gasteiger partial charge in [0.25, 0.3) is 0 Å². The predicted molar refractivity (Wildman–Crippen MR) is 126 cm³/mol. The van der Waals surface area contributed by atoms with Gasteiger partial charge in [-0.1, -0.05) is 12.1 Å². The molecule has 7 nitrogen and oxygen atoms in total. The van der Waals surface area contributed by atoms with Crippen LogP contribution >= 0.6 is 0 Å². The zero-order chi connectivity index (χ0) is 21.8. The van der Waals surface area contributed by atoms with Gasteiger partial charge in [-0.15, -0.1) is 0 Å². The largest absolute Gasteiger partial charge is 0.368 e. The summed E-state index contributed by atoms with van der Waals surface area (Å²) in [4.78, 5) is 26.2. The highest BCUT2D eigenvalue weighted by atomic mass is 16.2. The van der Waals surface area contributed by atoms with Crippen molar-refractivity contribution >= 4 is 17.5 Å². The Morgan fingerprint density at radius 2 is 1.68 bits per heavy atom. The van der Waals surface area contributed by atoms with Gasteiger partial charge in [-0.2, -0.15) is 0 Å². The van der Waals surface area contributed by atoms with Crippen LogP contribution < -0.4 is 15.1 Å². The monoisotopic (exact) mass is 422 g/mol. The molecule has 166 valence electrons. The molecule has 2 saturated heterocycles. The Morgan fingerprint density at radius 1 is 0.968 bits per heavy atom. The van der Waals surface area contributed by atoms with E-state index in [0.29, 0.717) is 6.54 Å². The van der Waals surface area contributed by atoms with Gasteiger partial charge in [0.15, 0.2) is 0 Å². The predicted octanol–water partition coefficient (Wildman–Crippen LogP) is 2.48. The van der Waals surface area contributed by atoms with Crippen LogP contribution in [-0.2, 0) is 6.54 Å². The number of hydrogen-bond acceptors (Lipinski definition) is 5. The number of anilines is 2. The molecule has 2 amide bonds. The van der Waals surface area contributed by atoms with Crippen LogP contribution in [0, 0.1) is 13.8 Å². The fraction of sp³-hybridized carbons (Fsp3) is 0.500. The van der Waals surface area contributed by atoms with Crippen LogP contribution in [0.1, 0.15) is 16.7 Å². The van der Waals surface area contributed by atoms with Crippen molar-refractivity contribution in [3.05, 3.63) is 53.2 Å². The van der Waals surface area contributed by atoms with Crippen molar-refractivity contribution in [3.63, 3.8) is 0 Å². The lowest BCUT2D eigenvalue weighted by molar-refractivity contribution is 0.194. The number of nitrogens with one attached hydrogen (secondary N) is 1. The number of piperazine rings is 2. The van der Waals surface area contributed by atoms with Crippen LogP contribution in [0.4, 0.5) is 16.3 Å². The Balaban J connectivity index is 1.28. The molecule has 2 aliphatic rings. The lowest BCUT2D eigenvalue weighted by Crippen LogP contribution is -2.51. The van der Waals surface area contributed by atoms with Crippen LogP contribution in [0.25, 0.3) is 0 Å². The molecule has 0 saturated carbocycles. The molecule has 2 aromatic rings. The first-order chi connectivity index (χ1) is 15.0. The van der Waals surface area contributed by atoms with Crippen LogP contribution in [0.3, 0.4) is 0 Å². The molecule has 0 atom stereocenters. The summed E-state index contributed by atoms with van der Waals surface area (Å²) < 4.78 is 0. The first-order valence-electron chi connectivity index (χ1n) is 11.2. The molecule has 3 heterocycles. The van der Waals surface area contributed by atoms with E-state index >= 15 is 0 Å². The second-order valence-electron chi connectivity index (χ2n) is 8.66. The minimum absolute atomic E-state index is 0.0126. The van der Waals surface area contributed by atoms with Gasteiger partial charge < -0.3 is 24.9 Å². The molecule has 1 aromatic carbocycles. The molecule has 1 N–H and O–H groups in total. The summed E-state index contributed by atoms with van der Waals surface area (Å²) in [5.74, 6) is 1.00. The van der Waals surface area contributed by atoms with Crippen LogP contribution in [-0.4, -0.2) is 80.2 Å². The number of carbonyl (C=O) groups is 1. The maximum Gasteiger partial charge on any atom is 0.317 e. The molecular weight excluding hydrogens is 388 g/mol. The quantitative estimate of drug-likeness (QED) is 0.821. The van der Waals surface area contributed by atoms with Gasteiger partial charge in [-0.25, -0.2) is 9.78 Å². The number of aryl methyl sites for hydroxylation is 1. The zero-order valence-electron chi connectivity index (χ0n) is 19.0. The van der Waals surface area contributed by atoms with Crippen molar-refractivity contribution in [2.45, 2.75) is 20.4 Å². The van der Waals surface area contributed by atoms with E-state index in [1.54, 1.807) is 0 Å². The standard InChI is InChI=1S/C24H34N6O/c1-19-5-4-6-22(20(19)2)28-13-15-30(16-14-28)24(31)26-18-21-7-8-25-23(17-21)29-11-9-27(3)10-12-29/h4-8,17H,9-16,18H2,1-3H3,(H,26,31). The molecule has 0 bridgehead atoms. The molecule has 0 radical (unpaired) electrons. The van der Waals surface area contributed by atoms with Crippen molar-refractivity contribution in [3.8, 4) is 0 Å². The van der Waals surface area contributed by atoms with Gasteiger partial charge in [-0.3, -0.25) is 0 Å². The van der Waals surface area contributed by atoms with E-state index in [1.165, 1.54) is 16.8 Å². The molecular formula is C24H34N6O. The number of nitrogens with zero attached hydrogens (tertiary/aromatic N) is 5. The fourth-order valence-corrected chi connectivity index (χ4v) is 4.30. The Labute approximate surface area is 185 Å². The average molecular weight is 423 g/mol. The fourth-order valence-electron chi connectivity index (χ4n) is 4.30. The molecule has 0 spiro atoms. The van der Waals surface area contributed by atoms with E-state index in [1.807, 2.05) is 17.2 Å². The lowest BCUT2D eigenvalue weighted by atomic mass is 10.1. The Kier molecular flexibility index (Phi) is 6.61.